The lowest BCUT2D eigenvalue weighted by Gasteiger charge is -2.37. The molecule has 0 heterocycles. The highest BCUT2D eigenvalue weighted by molar-refractivity contribution is 6.31. The summed E-state index contributed by atoms with van der Waals surface area (Å²) >= 11 is 6.24. The van der Waals surface area contributed by atoms with Gasteiger partial charge in [0.25, 0.3) is 0 Å². The average Bonchev–Trinajstić information content (AvgIpc) is 2.87. The molecule has 1 aromatic rings. The van der Waals surface area contributed by atoms with Crippen LogP contribution in [0.2, 0.25) is 5.02 Å². The average molecular weight is 276 g/mol. The summed E-state index contributed by atoms with van der Waals surface area (Å²) in [6.07, 6.45) is 10.1. The molecule has 0 saturated heterocycles. The highest BCUT2D eigenvalue weighted by Crippen LogP contribution is 2.39. The van der Waals surface area contributed by atoms with Gasteiger partial charge in [-0.2, -0.15) is 0 Å². The van der Waals surface area contributed by atoms with Crippen molar-refractivity contribution in [2.45, 2.75) is 50.5 Å². The van der Waals surface area contributed by atoms with Crippen LogP contribution in [0.1, 0.15) is 50.0 Å². The second-order valence-electron chi connectivity index (χ2n) is 5.85. The van der Waals surface area contributed by atoms with E-state index < -0.39 is 0 Å². The van der Waals surface area contributed by atoms with Gasteiger partial charge < -0.3 is 5.32 Å². The highest BCUT2D eigenvalue weighted by Gasteiger charge is 2.30. The molecule has 0 radical (unpaired) electrons. The second-order valence-corrected chi connectivity index (χ2v) is 6.25. The van der Waals surface area contributed by atoms with E-state index in [1.165, 1.54) is 44.1 Å². The summed E-state index contributed by atoms with van der Waals surface area (Å²) in [6, 6.07) is 8.98. The fraction of sp³-hybridized carbons (Fsp3) is 0.529. The number of benzene rings is 1. The standard InChI is InChI=1S/C17H22ClN/c18-17-8-4-3-7-16(17)14-11-15(12-14)19-10-9-13-5-1-2-6-13/h3-5,7-8,14-15,19H,1-2,6,9-12H2. The highest BCUT2D eigenvalue weighted by atomic mass is 35.5. The van der Waals surface area contributed by atoms with Crippen LogP contribution in [0.3, 0.4) is 0 Å². The zero-order chi connectivity index (χ0) is 13.1. The minimum Gasteiger partial charge on any atom is -0.314 e. The fourth-order valence-corrected chi connectivity index (χ4v) is 3.54. The molecule has 2 aliphatic rings. The molecule has 3 rings (SSSR count). The molecule has 1 fully saturated rings. The Balaban J connectivity index is 1.39. The van der Waals surface area contributed by atoms with Crippen molar-refractivity contribution in [1.82, 2.24) is 5.32 Å². The van der Waals surface area contributed by atoms with E-state index >= 15 is 0 Å². The number of halogens is 1. The SMILES string of the molecule is Clc1ccccc1C1CC(NCCC2=CCCC2)C1. The van der Waals surface area contributed by atoms with Crippen LogP contribution in [0, 0.1) is 0 Å². The van der Waals surface area contributed by atoms with E-state index in [-0.39, 0.29) is 0 Å². The van der Waals surface area contributed by atoms with Crippen LogP contribution < -0.4 is 5.32 Å². The molecule has 2 aliphatic carbocycles. The first-order valence-corrected chi connectivity index (χ1v) is 7.86. The first-order chi connectivity index (χ1) is 9.33. The van der Waals surface area contributed by atoms with Gasteiger partial charge in [0.1, 0.15) is 0 Å². The maximum atomic E-state index is 6.24. The summed E-state index contributed by atoms with van der Waals surface area (Å²) < 4.78 is 0. The number of hydrogen-bond donors (Lipinski definition) is 1. The van der Waals surface area contributed by atoms with Crippen molar-refractivity contribution in [1.29, 1.82) is 0 Å². The van der Waals surface area contributed by atoms with E-state index in [0.717, 1.165) is 11.6 Å². The molecule has 0 bridgehead atoms. The molecule has 0 aromatic heterocycles. The van der Waals surface area contributed by atoms with Gasteiger partial charge >= 0.3 is 0 Å². The van der Waals surface area contributed by atoms with Gasteiger partial charge in [0, 0.05) is 11.1 Å². The monoisotopic (exact) mass is 275 g/mol. The molecule has 1 N–H and O–H groups in total. The topological polar surface area (TPSA) is 12.0 Å². The smallest absolute Gasteiger partial charge is 0.0440 e. The van der Waals surface area contributed by atoms with Crippen molar-refractivity contribution >= 4 is 11.6 Å². The van der Waals surface area contributed by atoms with E-state index in [1.54, 1.807) is 5.57 Å². The van der Waals surface area contributed by atoms with Crippen molar-refractivity contribution in [3.05, 3.63) is 46.5 Å². The van der Waals surface area contributed by atoms with Crippen LogP contribution in [-0.4, -0.2) is 12.6 Å². The molecule has 102 valence electrons. The zero-order valence-corrected chi connectivity index (χ0v) is 12.1. The molecule has 0 spiro atoms. The van der Waals surface area contributed by atoms with Crippen LogP contribution in [0.25, 0.3) is 0 Å². The predicted molar refractivity (Wildman–Crippen MR) is 81.8 cm³/mol. The third kappa shape index (κ3) is 3.21. The minimum absolute atomic E-state index is 0.664. The van der Waals surface area contributed by atoms with E-state index in [9.17, 15) is 0 Å². The molecule has 2 heteroatoms. The van der Waals surface area contributed by atoms with Gasteiger partial charge in [0.05, 0.1) is 0 Å². The Bertz CT molecular complexity index is 460. The summed E-state index contributed by atoms with van der Waals surface area (Å²) in [7, 11) is 0. The molecular formula is C17H22ClN. The Hall–Kier alpha value is -0.790. The van der Waals surface area contributed by atoms with Crippen molar-refractivity contribution in [2.24, 2.45) is 0 Å². The van der Waals surface area contributed by atoms with Gasteiger partial charge in [-0.1, -0.05) is 41.4 Å². The minimum atomic E-state index is 0.664. The lowest BCUT2D eigenvalue weighted by atomic mass is 9.76. The second kappa shape index (κ2) is 6.11. The first-order valence-electron chi connectivity index (χ1n) is 7.48. The van der Waals surface area contributed by atoms with E-state index in [1.807, 2.05) is 12.1 Å². The van der Waals surface area contributed by atoms with E-state index in [0.29, 0.717) is 12.0 Å². The van der Waals surface area contributed by atoms with Gasteiger partial charge in [0.2, 0.25) is 0 Å². The number of hydrogen-bond acceptors (Lipinski definition) is 1. The number of allylic oxidation sites excluding steroid dienone is 1. The number of nitrogens with one attached hydrogen (secondary N) is 1. The Morgan fingerprint density at radius 1 is 1.21 bits per heavy atom. The summed E-state index contributed by atoms with van der Waals surface area (Å²) in [5, 5.41) is 4.61. The summed E-state index contributed by atoms with van der Waals surface area (Å²) in [5.41, 5.74) is 3.00. The normalized spacial score (nSPS) is 26.1. The van der Waals surface area contributed by atoms with Gasteiger partial charge in [-0.3, -0.25) is 0 Å². The molecule has 1 saturated carbocycles. The molecule has 0 unspecified atom stereocenters. The molecular weight excluding hydrogens is 254 g/mol. The quantitative estimate of drug-likeness (QED) is 0.770. The van der Waals surface area contributed by atoms with Crippen LogP contribution in [0.15, 0.2) is 35.9 Å². The fourth-order valence-electron chi connectivity index (χ4n) is 3.25. The van der Waals surface area contributed by atoms with Crippen molar-refractivity contribution in [3.8, 4) is 0 Å². The van der Waals surface area contributed by atoms with Crippen LogP contribution >= 0.6 is 11.6 Å². The lowest BCUT2D eigenvalue weighted by Crippen LogP contribution is -2.40. The van der Waals surface area contributed by atoms with Crippen molar-refractivity contribution in [2.75, 3.05) is 6.54 Å². The Labute approximate surface area is 121 Å². The van der Waals surface area contributed by atoms with Crippen LogP contribution in [0.4, 0.5) is 0 Å². The Morgan fingerprint density at radius 2 is 2.05 bits per heavy atom. The third-order valence-electron chi connectivity index (χ3n) is 4.50. The zero-order valence-electron chi connectivity index (χ0n) is 11.4. The molecule has 0 atom stereocenters. The maximum absolute atomic E-state index is 6.24. The Morgan fingerprint density at radius 3 is 2.79 bits per heavy atom. The summed E-state index contributed by atoms with van der Waals surface area (Å²) in [4.78, 5) is 0. The lowest BCUT2D eigenvalue weighted by molar-refractivity contribution is 0.292. The van der Waals surface area contributed by atoms with Crippen LogP contribution in [-0.2, 0) is 0 Å². The molecule has 19 heavy (non-hydrogen) atoms. The molecule has 1 nitrogen and oxygen atoms in total. The van der Waals surface area contributed by atoms with E-state index in [4.69, 9.17) is 11.6 Å². The van der Waals surface area contributed by atoms with Crippen molar-refractivity contribution in [3.63, 3.8) is 0 Å². The number of rotatable bonds is 5. The third-order valence-corrected chi connectivity index (χ3v) is 4.84. The van der Waals surface area contributed by atoms with Crippen LogP contribution in [0.5, 0.6) is 0 Å². The van der Waals surface area contributed by atoms with Gasteiger partial charge in [-0.05, 0) is 62.6 Å². The van der Waals surface area contributed by atoms with Gasteiger partial charge in [0.15, 0.2) is 0 Å². The van der Waals surface area contributed by atoms with Gasteiger partial charge in [-0.25, -0.2) is 0 Å². The molecule has 0 amide bonds. The molecule has 0 aliphatic heterocycles. The van der Waals surface area contributed by atoms with Crippen molar-refractivity contribution < 1.29 is 0 Å². The summed E-state index contributed by atoms with van der Waals surface area (Å²) in [5.74, 6) is 0.664. The largest absolute Gasteiger partial charge is 0.314 e. The first kappa shape index (κ1) is 13.2. The predicted octanol–water partition coefficient (Wildman–Crippen LogP) is 4.68. The molecule has 1 aromatic carbocycles. The Kier molecular flexibility index (Phi) is 4.24. The van der Waals surface area contributed by atoms with E-state index in [2.05, 4.69) is 23.5 Å². The van der Waals surface area contributed by atoms with Gasteiger partial charge in [-0.15, -0.1) is 0 Å². The summed E-state index contributed by atoms with van der Waals surface area (Å²) in [6.45, 7) is 1.14. The maximum Gasteiger partial charge on any atom is 0.0440 e.